The standard InChI is InChI=1S/C16H19NO2/c1-16(2)8-14-12(15(18)9-16)6-10-4-5-11(19-3)7-13(10)17-14/h4-7,15,18H,8-9H2,1-3H3. The second kappa shape index (κ2) is 4.20. The average molecular weight is 257 g/mol. The number of rotatable bonds is 1. The number of aromatic nitrogens is 1. The molecule has 0 spiro atoms. The lowest BCUT2D eigenvalue weighted by atomic mass is 9.74. The molecule has 0 saturated carbocycles. The van der Waals surface area contributed by atoms with Gasteiger partial charge in [0, 0.05) is 22.7 Å². The highest BCUT2D eigenvalue weighted by Gasteiger charge is 2.32. The lowest BCUT2D eigenvalue weighted by molar-refractivity contribution is 0.0985. The number of ether oxygens (including phenoxy) is 1. The summed E-state index contributed by atoms with van der Waals surface area (Å²) in [4.78, 5) is 4.73. The monoisotopic (exact) mass is 257 g/mol. The summed E-state index contributed by atoms with van der Waals surface area (Å²) < 4.78 is 5.24. The first-order valence-corrected chi connectivity index (χ1v) is 6.64. The summed E-state index contributed by atoms with van der Waals surface area (Å²) in [6, 6.07) is 7.93. The van der Waals surface area contributed by atoms with E-state index in [0.29, 0.717) is 0 Å². The Morgan fingerprint density at radius 2 is 2.11 bits per heavy atom. The molecule has 2 aromatic rings. The molecule has 1 atom stereocenters. The zero-order valence-corrected chi connectivity index (χ0v) is 11.6. The van der Waals surface area contributed by atoms with E-state index in [1.165, 1.54) is 0 Å². The highest BCUT2D eigenvalue weighted by Crippen LogP contribution is 2.41. The molecule has 0 saturated heterocycles. The van der Waals surface area contributed by atoms with Crippen LogP contribution >= 0.6 is 0 Å². The van der Waals surface area contributed by atoms with Crippen LogP contribution in [-0.4, -0.2) is 17.2 Å². The minimum Gasteiger partial charge on any atom is -0.497 e. The summed E-state index contributed by atoms with van der Waals surface area (Å²) in [7, 11) is 1.66. The normalized spacial score (nSPS) is 21.2. The van der Waals surface area contributed by atoms with Gasteiger partial charge in [0.25, 0.3) is 0 Å². The predicted molar refractivity (Wildman–Crippen MR) is 75.4 cm³/mol. The van der Waals surface area contributed by atoms with Gasteiger partial charge in [0.1, 0.15) is 5.75 Å². The molecular weight excluding hydrogens is 238 g/mol. The zero-order valence-electron chi connectivity index (χ0n) is 11.6. The van der Waals surface area contributed by atoms with Crippen molar-refractivity contribution >= 4 is 10.9 Å². The lowest BCUT2D eigenvalue weighted by Gasteiger charge is -2.34. The number of fused-ring (bicyclic) bond motifs is 2. The number of methoxy groups -OCH3 is 1. The molecule has 1 unspecified atom stereocenters. The van der Waals surface area contributed by atoms with Crippen LogP contribution in [0.25, 0.3) is 10.9 Å². The molecule has 0 radical (unpaired) electrons. The van der Waals surface area contributed by atoms with Crippen LogP contribution in [-0.2, 0) is 6.42 Å². The molecule has 1 aromatic carbocycles. The smallest absolute Gasteiger partial charge is 0.121 e. The van der Waals surface area contributed by atoms with E-state index >= 15 is 0 Å². The Labute approximate surface area is 113 Å². The van der Waals surface area contributed by atoms with Crippen molar-refractivity contribution in [1.29, 1.82) is 0 Å². The van der Waals surface area contributed by atoms with Crippen LogP contribution in [0.5, 0.6) is 5.75 Å². The Balaban J connectivity index is 2.17. The molecule has 0 bridgehead atoms. The molecule has 1 heterocycles. The van der Waals surface area contributed by atoms with Crippen molar-refractivity contribution in [3.8, 4) is 5.75 Å². The van der Waals surface area contributed by atoms with Gasteiger partial charge in [-0.25, -0.2) is 0 Å². The summed E-state index contributed by atoms with van der Waals surface area (Å²) in [5, 5.41) is 11.3. The van der Waals surface area contributed by atoms with Crippen LogP contribution in [0.4, 0.5) is 0 Å². The lowest BCUT2D eigenvalue weighted by Crippen LogP contribution is -2.26. The number of pyridine rings is 1. The Hall–Kier alpha value is -1.61. The van der Waals surface area contributed by atoms with E-state index in [-0.39, 0.29) is 5.41 Å². The minimum atomic E-state index is -0.405. The predicted octanol–water partition coefficient (Wildman–Crippen LogP) is 3.25. The number of aliphatic hydroxyl groups excluding tert-OH is 1. The van der Waals surface area contributed by atoms with E-state index in [9.17, 15) is 5.11 Å². The zero-order chi connectivity index (χ0) is 13.6. The minimum absolute atomic E-state index is 0.103. The first-order valence-electron chi connectivity index (χ1n) is 6.64. The number of benzene rings is 1. The van der Waals surface area contributed by atoms with Crippen LogP contribution in [0, 0.1) is 5.41 Å². The van der Waals surface area contributed by atoms with E-state index in [0.717, 1.165) is 40.8 Å². The summed E-state index contributed by atoms with van der Waals surface area (Å²) in [5.74, 6) is 0.815. The quantitative estimate of drug-likeness (QED) is 0.852. The Kier molecular flexibility index (Phi) is 2.75. The fourth-order valence-corrected chi connectivity index (χ4v) is 2.92. The van der Waals surface area contributed by atoms with Gasteiger partial charge in [-0.2, -0.15) is 0 Å². The second-order valence-electron chi connectivity index (χ2n) is 6.14. The maximum atomic E-state index is 10.3. The van der Waals surface area contributed by atoms with E-state index in [2.05, 4.69) is 19.9 Å². The fraction of sp³-hybridized carbons (Fsp3) is 0.438. The molecule has 19 heavy (non-hydrogen) atoms. The van der Waals surface area contributed by atoms with Crippen molar-refractivity contribution in [3.05, 3.63) is 35.5 Å². The van der Waals surface area contributed by atoms with Gasteiger partial charge in [-0.3, -0.25) is 4.98 Å². The molecule has 0 fully saturated rings. The summed E-state index contributed by atoms with van der Waals surface area (Å²) in [6.45, 7) is 4.35. The molecule has 0 aliphatic heterocycles. The average Bonchev–Trinajstić information content (AvgIpc) is 2.35. The Bertz CT molecular complexity index is 634. The topological polar surface area (TPSA) is 42.4 Å². The van der Waals surface area contributed by atoms with Crippen molar-refractivity contribution in [2.45, 2.75) is 32.8 Å². The maximum Gasteiger partial charge on any atom is 0.121 e. The van der Waals surface area contributed by atoms with E-state index in [4.69, 9.17) is 9.72 Å². The van der Waals surface area contributed by atoms with Crippen molar-refractivity contribution < 1.29 is 9.84 Å². The number of hydrogen-bond donors (Lipinski definition) is 1. The van der Waals surface area contributed by atoms with E-state index < -0.39 is 6.10 Å². The van der Waals surface area contributed by atoms with Crippen LogP contribution in [0.3, 0.4) is 0 Å². The number of aliphatic hydroxyl groups is 1. The summed E-state index contributed by atoms with van der Waals surface area (Å²) >= 11 is 0. The maximum absolute atomic E-state index is 10.3. The third-order valence-corrected chi connectivity index (χ3v) is 3.89. The molecule has 3 heteroatoms. The van der Waals surface area contributed by atoms with Crippen LogP contribution in [0.1, 0.15) is 37.6 Å². The fourth-order valence-electron chi connectivity index (χ4n) is 2.92. The first kappa shape index (κ1) is 12.4. The molecule has 1 N–H and O–H groups in total. The Morgan fingerprint density at radius 1 is 1.32 bits per heavy atom. The SMILES string of the molecule is COc1ccc2cc3c(nc2c1)CC(C)(C)CC3O. The van der Waals surface area contributed by atoms with Gasteiger partial charge in [-0.1, -0.05) is 13.8 Å². The number of hydrogen-bond acceptors (Lipinski definition) is 3. The van der Waals surface area contributed by atoms with Gasteiger partial charge < -0.3 is 9.84 Å². The number of nitrogens with zero attached hydrogens (tertiary/aromatic N) is 1. The van der Waals surface area contributed by atoms with Gasteiger partial charge in [0.05, 0.1) is 18.7 Å². The van der Waals surface area contributed by atoms with Crippen LogP contribution in [0.2, 0.25) is 0 Å². The van der Waals surface area contributed by atoms with Gasteiger partial charge in [0.2, 0.25) is 0 Å². The molecule has 0 amide bonds. The third kappa shape index (κ3) is 2.19. The summed E-state index contributed by atoms with van der Waals surface area (Å²) in [6.07, 6.45) is 1.30. The first-order chi connectivity index (χ1) is 8.98. The molecule has 1 aliphatic carbocycles. The highest BCUT2D eigenvalue weighted by molar-refractivity contribution is 5.81. The third-order valence-electron chi connectivity index (χ3n) is 3.89. The molecule has 3 rings (SSSR count). The van der Waals surface area contributed by atoms with Crippen LogP contribution < -0.4 is 4.74 Å². The summed E-state index contributed by atoms with van der Waals surface area (Å²) in [5.41, 5.74) is 3.04. The van der Waals surface area contributed by atoms with E-state index in [1.807, 2.05) is 18.2 Å². The van der Waals surface area contributed by atoms with Crippen LogP contribution in [0.15, 0.2) is 24.3 Å². The van der Waals surface area contributed by atoms with E-state index in [1.54, 1.807) is 7.11 Å². The van der Waals surface area contributed by atoms with Gasteiger partial charge in [-0.15, -0.1) is 0 Å². The van der Waals surface area contributed by atoms with Crippen molar-refractivity contribution in [1.82, 2.24) is 4.98 Å². The van der Waals surface area contributed by atoms with Crippen molar-refractivity contribution in [2.75, 3.05) is 7.11 Å². The molecule has 100 valence electrons. The van der Waals surface area contributed by atoms with Crippen molar-refractivity contribution in [3.63, 3.8) is 0 Å². The molecule has 3 nitrogen and oxygen atoms in total. The van der Waals surface area contributed by atoms with Gasteiger partial charge in [-0.05, 0) is 36.5 Å². The van der Waals surface area contributed by atoms with Crippen molar-refractivity contribution in [2.24, 2.45) is 5.41 Å². The largest absolute Gasteiger partial charge is 0.497 e. The molecule has 1 aliphatic rings. The highest BCUT2D eigenvalue weighted by atomic mass is 16.5. The second-order valence-corrected chi connectivity index (χ2v) is 6.14. The Morgan fingerprint density at radius 3 is 2.84 bits per heavy atom. The molecule has 1 aromatic heterocycles. The molecular formula is C16H19NO2. The van der Waals surface area contributed by atoms with Gasteiger partial charge in [0.15, 0.2) is 0 Å². The van der Waals surface area contributed by atoms with Gasteiger partial charge >= 0.3 is 0 Å².